The predicted octanol–water partition coefficient (Wildman–Crippen LogP) is 2.30. The zero-order valence-corrected chi connectivity index (χ0v) is 8.53. The smallest absolute Gasteiger partial charge is 0.411 e. The Bertz CT molecular complexity index is 389. The van der Waals surface area contributed by atoms with E-state index in [2.05, 4.69) is 4.74 Å². The van der Waals surface area contributed by atoms with E-state index in [-0.39, 0.29) is 11.3 Å². The van der Waals surface area contributed by atoms with Crippen molar-refractivity contribution in [3.8, 4) is 5.75 Å². The number of benzene rings is 1. The lowest BCUT2D eigenvalue weighted by Gasteiger charge is -2.10. The number of carbonyl (C=O) groups is 1. The number of hydrogen-bond donors (Lipinski definition) is 1. The van der Waals surface area contributed by atoms with Gasteiger partial charge in [0.15, 0.2) is 6.79 Å². The number of alkyl halides is 3. The van der Waals surface area contributed by atoms with Crippen LogP contribution in [0.25, 0.3) is 0 Å². The molecule has 1 rings (SSSR count). The maximum absolute atomic E-state index is 11.7. The number of hydrogen-bond acceptors (Lipinski definition) is 3. The molecule has 0 amide bonds. The quantitative estimate of drug-likeness (QED) is 0.643. The second kappa shape index (κ2) is 5.53. The zero-order chi connectivity index (χ0) is 12.9. The fourth-order valence-corrected chi connectivity index (χ4v) is 1.03. The fraction of sp³-hybridized carbons (Fsp3) is 0.300. The number of carboxylic acids is 1. The van der Waals surface area contributed by atoms with Gasteiger partial charge in [0, 0.05) is 0 Å². The average molecular weight is 250 g/mol. The molecule has 0 radical (unpaired) electrons. The summed E-state index contributed by atoms with van der Waals surface area (Å²) in [5.41, 5.74) is -0.136. The van der Waals surface area contributed by atoms with E-state index in [0.717, 1.165) is 0 Å². The molecule has 0 fully saturated rings. The molecular formula is C10H9F3O4. The highest BCUT2D eigenvalue weighted by molar-refractivity contribution is 5.90. The van der Waals surface area contributed by atoms with Gasteiger partial charge >= 0.3 is 12.1 Å². The Morgan fingerprint density at radius 3 is 2.53 bits per heavy atom. The maximum Gasteiger partial charge on any atom is 0.411 e. The Morgan fingerprint density at radius 2 is 1.94 bits per heavy atom. The molecule has 0 heterocycles. The first-order chi connectivity index (χ1) is 7.90. The molecule has 1 aromatic rings. The summed E-state index contributed by atoms with van der Waals surface area (Å²) in [5.74, 6) is -1.27. The van der Waals surface area contributed by atoms with Crippen molar-refractivity contribution in [3.63, 3.8) is 0 Å². The van der Waals surface area contributed by atoms with Gasteiger partial charge in [-0.05, 0) is 12.1 Å². The summed E-state index contributed by atoms with van der Waals surface area (Å²) in [6.45, 7) is -2.11. The van der Waals surface area contributed by atoms with Crippen LogP contribution in [0, 0.1) is 0 Å². The fourth-order valence-electron chi connectivity index (χ4n) is 1.03. The first-order valence-corrected chi connectivity index (χ1v) is 4.50. The normalized spacial score (nSPS) is 11.2. The maximum atomic E-state index is 11.7. The molecule has 0 aliphatic carbocycles. The molecule has 0 aliphatic rings. The summed E-state index contributed by atoms with van der Waals surface area (Å²) in [5, 5.41) is 8.75. The van der Waals surface area contributed by atoms with Gasteiger partial charge in [0.2, 0.25) is 0 Å². The zero-order valence-electron chi connectivity index (χ0n) is 8.53. The van der Waals surface area contributed by atoms with Crippen LogP contribution < -0.4 is 4.74 Å². The van der Waals surface area contributed by atoms with E-state index in [4.69, 9.17) is 9.84 Å². The minimum Gasteiger partial charge on any atom is -0.478 e. The monoisotopic (exact) mass is 250 g/mol. The largest absolute Gasteiger partial charge is 0.478 e. The summed E-state index contributed by atoms with van der Waals surface area (Å²) in [6.07, 6.45) is -4.43. The van der Waals surface area contributed by atoms with Crippen molar-refractivity contribution in [1.82, 2.24) is 0 Å². The molecular weight excluding hydrogens is 241 g/mol. The van der Waals surface area contributed by atoms with Gasteiger partial charge in [-0.15, -0.1) is 0 Å². The van der Waals surface area contributed by atoms with Crippen molar-refractivity contribution < 1.29 is 32.5 Å². The Morgan fingerprint density at radius 1 is 1.29 bits per heavy atom. The predicted molar refractivity (Wildman–Crippen MR) is 50.9 cm³/mol. The van der Waals surface area contributed by atoms with Crippen LogP contribution in [0.3, 0.4) is 0 Å². The number of para-hydroxylation sites is 1. The molecule has 0 bridgehead atoms. The van der Waals surface area contributed by atoms with Crippen molar-refractivity contribution in [2.75, 3.05) is 13.4 Å². The van der Waals surface area contributed by atoms with Crippen molar-refractivity contribution in [2.24, 2.45) is 0 Å². The Balaban J connectivity index is 2.49. The number of carboxylic acid groups (broad SMARTS) is 1. The van der Waals surface area contributed by atoms with Crippen LogP contribution in [0.15, 0.2) is 24.3 Å². The Labute approximate surface area is 94.6 Å². The second-order valence-electron chi connectivity index (χ2n) is 3.03. The van der Waals surface area contributed by atoms with Crippen LogP contribution in [-0.4, -0.2) is 30.7 Å². The number of halogens is 3. The highest BCUT2D eigenvalue weighted by Crippen LogP contribution is 2.18. The summed E-state index contributed by atoms with van der Waals surface area (Å²) in [6, 6.07) is 5.60. The minimum absolute atomic E-state index is 0.0397. The second-order valence-corrected chi connectivity index (χ2v) is 3.03. The van der Waals surface area contributed by atoms with E-state index < -0.39 is 25.5 Å². The van der Waals surface area contributed by atoms with Gasteiger partial charge < -0.3 is 14.6 Å². The third kappa shape index (κ3) is 4.73. The lowest BCUT2D eigenvalue weighted by molar-refractivity contribution is -0.186. The summed E-state index contributed by atoms with van der Waals surface area (Å²) < 4.78 is 44.1. The van der Waals surface area contributed by atoms with E-state index in [1.807, 2.05) is 0 Å². The van der Waals surface area contributed by atoms with Gasteiger partial charge in [0.25, 0.3) is 0 Å². The van der Waals surface area contributed by atoms with Gasteiger partial charge in [-0.2, -0.15) is 13.2 Å². The molecule has 0 atom stereocenters. The van der Waals surface area contributed by atoms with Crippen molar-refractivity contribution >= 4 is 5.97 Å². The molecule has 1 aromatic carbocycles. The van der Waals surface area contributed by atoms with Gasteiger partial charge in [-0.3, -0.25) is 0 Å². The van der Waals surface area contributed by atoms with Crippen LogP contribution in [0.2, 0.25) is 0 Å². The topological polar surface area (TPSA) is 55.8 Å². The van der Waals surface area contributed by atoms with E-state index in [9.17, 15) is 18.0 Å². The summed E-state index contributed by atoms with van der Waals surface area (Å²) in [4.78, 5) is 10.7. The molecule has 1 N–H and O–H groups in total. The molecule has 0 saturated heterocycles. The van der Waals surface area contributed by atoms with Crippen LogP contribution in [-0.2, 0) is 4.74 Å². The van der Waals surface area contributed by atoms with Gasteiger partial charge in [-0.1, -0.05) is 12.1 Å². The lowest BCUT2D eigenvalue weighted by Crippen LogP contribution is -2.19. The Hall–Kier alpha value is -1.76. The van der Waals surface area contributed by atoms with E-state index >= 15 is 0 Å². The third-order valence-electron chi connectivity index (χ3n) is 1.68. The Kier molecular flexibility index (Phi) is 4.33. The number of ether oxygens (including phenoxy) is 2. The lowest BCUT2D eigenvalue weighted by atomic mass is 10.2. The number of rotatable bonds is 5. The molecule has 94 valence electrons. The van der Waals surface area contributed by atoms with Gasteiger partial charge in [0.05, 0.1) is 0 Å². The average Bonchev–Trinajstić information content (AvgIpc) is 2.23. The molecule has 7 heteroatoms. The van der Waals surface area contributed by atoms with Gasteiger partial charge in [0.1, 0.15) is 17.9 Å². The molecule has 0 saturated carbocycles. The summed E-state index contributed by atoms with van der Waals surface area (Å²) in [7, 11) is 0. The van der Waals surface area contributed by atoms with Crippen molar-refractivity contribution in [3.05, 3.63) is 29.8 Å². The minimum atomic E-state index is -4.43. The molecule has 0 aromatic heterocycles. The van der Waals surface area contributed by atoms with Crippen LogP contribution in [0.5, 0.6) is 5.75 Å². The molecule has 4 nitrogen and oxygen atoms in total. The first kappa shape index (κ1) is 13.3. The number of aromatic carboxylic acids is 1. The van der Waals surface area contributed by atoms with E-state index in [1.165, 1.54) is 24.3 Å². The first-order valence-electron chi connectivity index (χ1n) is 4.50. The molecule has 0 unspecified atom stereocenters. The molecule has 0 spiro atoms. The van der Waals surface area contributed by atoms with Crippen molar-refractivity contribution in [1.29, 1.82) is 0 Å². The standard InChI is InChI=1S/C10H9F3O4/c11-10(12,13)5-16-6-17-8-4-2-1-3-7(8)9(14)15/h1-4H,5-6H2,(H,14,15). The SMILES string of the molecule is O=C(O)c1ccccc1OCOCC(F)(F)F. The van der Waals surface area contributed by atoms with E-state index in [0.29, 0.717) is 0 Å². The van der Waals surface area contributed by atoms with Crippen LogP contribution >= 0.6 is 0 Å². The van der Waals surface area contributed by atoms with Gasteiger partial charge in [-0.25, -0.2) is 4.79 Å². The molecule has 17 heavy (non-hydrogen) atoms. The van der Waals surface area contributed by atoms with Crippen LogP contribution in [0.1, 0.15) is 10.4 Å². The summed E-state index contributed by atoms with van der Waals surface area (Å²) >= 11 is 0. The molecule has 0 aliphatic heterocycles. The van der Waals surface area contributed by atoms with Crippen LogP contribution in [0.4, 0.5) is 13.2 Å². The van der Waals surface area contributed by atoms with Crippen molar-refractivity contribution in [2.45, 2.75) is 6.18 Å². The van der Waals surface area contributed by atoms with E-state index in [1.54, 1.807) is 0 Å². The highest BCUT2D eigenvalue weighted by Gasteiger charge is 2.27. The third-order valence-corrected chi connectivity index (χ3v) is 1.68. The highest BCUT2D eigenvalue weighted by atomic mass is 19.4.